The quantitative estimate of drug-likeness (QED) is 0.178. The second-order valence-electron chi connectivity index (χ2n) is 18.1. The van der Waals surface area contributed by atoms with Crippen LogP contribution in [0.1, 0.15) is 44.5 Å². The van der Waals surface area contributed by atoms with E-state index in [1.807, 2.05) is 36.4 Å². The zero-order valence-electron chi connectivity index (χ0n) is 36.2. The highest BCUT2D eigenvalue weighted by atomic mass is 15.2. The van der Waals surface area contributed by atoms with Gasteiger partial charge in [-0.25, -0.2) is 4.98 Å². The van der Waals surface area contributed by atoms with Gasteiger partial charge in [0.2, 0.25) is 5.95 Å². The summed E-state index contributed by atoms with van der Waals surface area (Å²) in [7, 11) is 0. The maximum atomic E-state index is 5.47. The molecule has 0 fully saturated rings. The maximum Gasteiger partial charge on any atom is 0.238 e. The highest BCUT2D eigenvalue weighted by Crippen LogP contribution is 2.68. The Morgan fingerprint density at radius 1 is 0.284 bits per heavy atom. The highest BCUT2D eigenvalue weighted by molar-refractivity contribution is 6.22. The predicted octanol–water partition coefficient (Wildman–Crippen LogP) is 14.5. The molecule has 0 saturated carbocycles. The average Bonchev–Trinajstić information content (AvgIpc) is 4.02. The van der Waals surface area contributed by atoms with Crippen molar-refractivity contribution in [3.05, 3.63) is 275 Å². The lowest BCUT2D eigenvalue weighted by atomic mass is 9.52. The third-order valence-electron chi connectivity index (χ3n) is 15.1. The van der Waals surface area contributed by atoms with Crippen molar-refractivity contribution < 1.29 is 0 Å². The minimum Gasteiger partial charge on any atom is -0.277 e. The summed E-state index contributed by atoms with van der Waals surface area (Å²) in [5.41, 5.74) is 18.3. The Morgan fingerprint density at radius 3 is 1.27 bits per heavy atom. The van der Waals surface area contributed by atoms with Gasteiger partial charge in [-0.1, -0.05) is 231 Å². The van der Waals surface area contributed by atoms with Gasteiger partial charge in [-0.3, -0.25) is 4.57 Å². The standard InChI is InChI=1S/C63H38N4/c1-3-20-40(21-4-1)59-64-60(41-22-5-2-6-23-41)66-61(65-59)67-57-42-24-8-7-19-39(42)35-36-45(57)46-37-38-55-56(58(46)67)47-27-11-14-30-50(47)63(55)53-33-17-15-31-51(53)62(52-32-16-18-34-54(52)63)48-28-12-9-25-43(48)44-26-10-13-29-49(44)62/h1-38H. The molecule has 2 spiro atoms. The average molecular weight is 851 g/mol. The van der Waals surface area contributed by atoms with Gasteiger partial charge in [-0.05, 0) is 66.6 Å². The van der Waals surface area contributed by atoms with Crippen molar-refractivity contribution in [3.8, 4) is 51.0 Å². The summed E-state index contributed by atoms with van der Waals surface area (Å²) in [5.74, 6) is 1.84. The Hall–Kier alpha value is -8.73. The van der Waals surface area contributed by atoms with Crippen LogP contribution in [0.4, 0.5) is 0 Å². The Balaban J connectivity index is 1.12. The highest BCUT2D eigenvalue weighted by Gasteiger charge is 2.59. The van der Waals surface area contributed by atoms with E-state index < -0.39 is 10.8 Å². The molecule has 0 radical (unpaired) electrons. The number of fused-ring (bicyclic) bond motifs is 22. The van der Waals surface area contributed by atoms with Gasteiger partial charge in [0.15, 0.2) is 11.6 Å². The summed E-state index contributed by atoms with van der Waals surface area (Å²) in [6.07, 6.45) is 0. The van der Waals surface area contributed by atoms with Crippen LogP contribution in [-0.2, 0) is 10.8 Å². The van der Waals surface area contributed by atoms with Crippen LogP contribution in [0.2, 0.25) is 0 Å². The molecule has 0 bridgehead atoms. The molecule has 310 valence electrons. The topological polar surface area (TPSA) is 43.6 Å². The molecule has 3 aliphatic rings. The summed E-state index contributed by atoms with van der Waals surface area (Å²) >= 11 is 0. The van der Waals surface area contributed by atoms with Gasteiger partial charge >= 0.3 is 0 Å². The van der Waals surface area contributed by atoms with Crippen molar-refractivity contribution in [2.75, 3.05) is 0 Å². The summed E-state index contributed by atoms with van der Waals surface area (Å²) in [5, 5.41) is 4.61. The Morgan fingerprint density at radius 2 is 0.701 bits per heavy atom. The number of hydrogen-bond acceptors (Lipinski definition) is 3. The molecule has 0 saturated heterocycles. The van der Waals surface area contributed by atoms with Gasteiger partial charge < -0.3 is 0 Å². The summed E-state index contributed by atoms with van der Waals surface area (Å²) in [6, 6.07) is 84.6. The third-order valence-corrected chi connectivity index (χ3v) is 15.1. The normalized spacial score (nSPS) is 14.2. The second kappa shape index (κ2) is 13.4. The van der Waals surface area contributed by atoms with Gasteiger partial charge in [0.05, 0.1) is 21.9 Å². The van der Waals surface area contributed by atoms with Crippen molar-refractivity contribution in [2.45, 2.75) is 10.8 Å². The van der Waals surface area contributed by atoms with Crippen LogP contribution in [0.5, 0.6) is 0 Å². The molecule has 0 unspecified atom stereocenters. The first-order chi connectivity index (χ1) is 33.3. The van der Waals surface area contributed by atoms with Crippen molar-refractivity contribution >= 4 is 32.6 Å². The first-order valence-electron chi connectivity index (χ1n) is 23.1. The molecule has 3 aliphatic carbocycles. The molecule has 0 aliphatic heterocycles. The van der Waals surface area contributed by atoms with Crippen molar-refractivity contribution in [1.29, 1.82) is 0 Å². The van der Waals surface area contributed by atoms with Crippen LogP contribution in [0.3, 0.4) is 0 Å². The summed E-state index contributed by atoms with van der Waals surface area (Å²) in [4.78, 5) is 16.1. The first-order valence-corrected chi connectivity index (χ1v) is 23.1. The molecule has 4 heteroatoms. The molecular weight excluding hydrogens is 813 g/mol. The molecule has 0 N–H and O–H groups in total. The van der Waals surface area contributed by atoms with Crippen LogP contribution in [0.15, 0.2) is 231 Å². The van der Waals surface area contributed by atoms with Gasteiger partial charge in [-0.15, -0.1) is 0 Å². The minimum absolute atomic E-state index is 0.520. The van der Waals surface area contributed by atoms with Gasteiger partial charge in [0.25, 0.3) is 0 Å². The second-order valence-corrected chi connectivity index (χ2v) is 18.1. The predicted molar refractivity (Wildman–Crippen MR) is 271 cm³/mol. The third kappa shape index (κ3) is 4.59. The van der Waals surface area contributed by atoms with Crippen LogP contribution in [0.25, 0.3) is 83.6 Å². The zero-order valence-corrected chi connectivity index (χ0v) is 36.2. The lowest BCUT2D eigenvalue weighted by Crippen LogP contribution is -2.43. The van der Waals surface area contributed by atoms with E-state index >= 15 is 0 Å². The molecule has 0 amide bonds. The number of nitrogens with zero attached hydrogens (tertiary/aromatic N) is 4. The largest absolute Gasteiger partial charge is 0.277 e. The smallest absolute Gasteiger partial charge is 0.238 e. The molecular formula is C63H38N4. The van der Waals surface area contributed by atoms with E-state index in [1.165, 1.54) is 66.8 Å². The molecule has 12 aromatic rings. The van der Waals surface area contributed by atoms with E-state index in [9.17, 15) is 0 Å². The van der Waals surface area contributed by atoms with Crippen LogP contribution in [-0.4, -0.2) is 19.5 Å². The Kier molecular flexibility index (Phi) is 7.33. The fourth-order valence-corrected chi connectivity index (χ4v) is 12.7. The molecule has 15 rings (SSSR count). The van der Waals surface area contributed by atoms with Gasteiger partial charge in [0.1, 0.15) is 0 Å². The van der Waals surface area contributed by atoms with E-state index in [2.05, 4.69) is 199 Å². The van der Waals surface area contributed by atoms with Crippen LogP contribution < -0.4 is 0 Å². The number of benzene rings is 10. The van der Waals surface area contributed by atoms with Crippen LogP contribution >= 0.6 is 0 Å². The van der Waals surface area contributed by atoms with E-state index in [0.717, 1.165) is 43.7 Å². The van der Waals surface area contributed by atoms with Crippen molar-refractivity contribution in [1.82, 2.24) is 19.5 Å². The number of hydrogen-bond donors (Lipinski definition) is 0. The monoisotopic (exact) mass is 850 g/mol. The van der Waals surface area contributed by atoms with E-state index in [-0.39, 0.29) is 0 Å². The van der Waals surface area contributed by atoms with Crippen LogP contribution in [0, 0.1) is 0 Å². The fourth-order valence-electron chi connectivity index (χ4n) is 12.7. The van der Waals surface area contributed by atoms with E-state index in [0.29, 0.717) is 17.6 Å². The Bertz CT molecular complexity index is 3900. The van der Waals surface area contributed by atoms with Gasteiger partial charge in [-0.2, -0.15) is 9.97 Å². The summed E-state index contributed by atoms with van der Waals surface area (Å²) in [6.45, 7) is 0. The Labute approximate surface area is 387 Å². The lowest BCUT2D eigenvalue weighted by Gasteiger charge is -2.48. The number of rotatable bonds is 3. The first kappa shape index (κ1) is 36.6. The van der Waals surface area contributed by atoms with Crippen molar-refractivity contribution in [3.63, 3.8) is 0 Å². The molecule has 10 aromatic carbocycles. The van der Waals surface area contributed by atoms with E-state index in [4.69, 9.17) is 15.0 Å². The van der Waals surface area contributed by atoms with E-state index in [1.54, 1.807) is 0 Å². The molecule has 0 atom stereocenters. The summed E-state index contributed by atoms with van der Waals surface area (Å²) < 4.78 is 2.37. The number of aromatic nitrogens is 4. The SMILES string of the molecule is c1ccc(-c2nc(-c3ccccc3)nc(-n3c4c5c(ccc4c4ccc6ccccc6c43)C3(c4ccccc4-5)c4ccccc4C4(c5ccccc5-c5ccccc54)c4ccccc43)n2)cc1. The van der Waals surface area contributed by atoms with Crippen molar-refractivity contribution in [2.24, 2.45) is 0 Å². The fraction of sp³-hybridized carbons (Fsp3) is 0.0317. The minimum atomic E-state index is -0.655. The van der Waals surface area contributed by atoms with Gasteiger partial charge in [0, 0.05) is 32.8 Å². The maximum absolute atomic E-state index is 5.47. The molecule has 2 heterocycles. The zero-order chi connectivity index (χ0) is 43.8. The molecule has 2 aromatic heterocycles. The lowest BCUT2D eigenvalue weighted by molar-refractivity contribution is 0.633. The molecule has 67 heavy (non-hydrogen) atoms. The molecule has 4 nitrogen and oxygen atoms in total.